The first-order chi connectivity index (χ1) is 8.56. The summed E-state index contributed by atoms with van der Waals surface area (Å²) in [7, 11) is 2.10. The van der Waals surface area contributed by atoms with Crippen LogP contribution in [0.4, 0.5) is 11.5 Å². The van der Waals surface area contributed by atoms with Crippen LogP contribution in [-0.4, -0.2) is 41.0 Å². The van der Waals surface area contributed by atoms with E-state index >= 15 is 0 Å². The molecule has 1 saturated heterocycles. The van der Waals surface area contributed by atoms with Crippen molar-refractivity contribution >= 4 is 11.5 Å². The zero-order valence-corrected chi connectivity index (χ0v) is 10.7. The molecular weight excluding hydrogens is 232 g/mol. The largest absolute Gasteiger partial charge is 0.367 e. The first-order valence-electron chi connectivity index (χ1n) is 6.12. The van der Waals surface area contributed by atoms with Gasteiger partial charge in [0.15, 0.2) is 0 Å². The third-order valence-corrected chi connectivity index (χ3v) is 3.34. The van der Waals surface area contributed by atoms with Crippen LogP contribution in [0, 0.1) is 17.0 Å². The van der Waals surface area contributed by atoms with E-state index in [0.29, 0.717) is 17.4 Å². The van der Waals surface area contributed by atoms with E-state index < -0.39 is 0 Å². The predicted octanol–water partition coefficient (Wildman–Crippen LogP) is 1.80. The van der Waals surface area contributed by atoms with E-state index in [0.717, 1.165) is 25.9 Å². The molecule has 0 saturated carbocycles. The van der Waals surface area contributed by atoms with E-state index in [1.807, 2.05) is 0 Å². The van der Waals surface area contributed by atoms with Crippen molar-refractivity contribution in [2.75, 3.05) is 25.5 Å². The fourth-order valence-electron chi connectivity index (χ4n) is 2.15. The Balaban J connectivity index is 2.05. The molecule has 18 heavy (non-hydrogen) atoms. The maximum absolute atomic E-state index is 10.9. The molecule has 0 aliphatic carbocycles. The van der Waals surface area contributed by atoms with Gasteiger partial charge in [0.05, 0.1) is 11.0 Å². The second-order valence-electron chi connectivity index (χ2n) is 4.84. The highest BCUT2D eigenvalue weighted by atomic mass is 16.6. The van der Waals surface area contributed by atoms with Crippen molar-refractivity contribution in [2.45, 2.75) is 25.8 Å². The lowest BCUT2D eigenvalue weighted by Gasteiger charge is -2.29. The SMILES string of the molecule is Cc1cnc(NC2CCN(C)CC2)cc1[N+](=O)[O-]. The minimum atomic E-state index is -0.364. The van der Waals surface area contributed by atoms with E-state index in [1.165, 1.54) is 6.07 Å². The van der Waals surface area contributed by atoms with Gasteiger partial charge in [0.2, 0.25) is 0 Å². The van der Waals surface area contributed by atoms with Crippen LogP contribution in [0.15, 0.2) is 12.3 Å². The van der Waals surface area contributed by atoms with Gasteiger partial charge < -0.3 is 10.2 Å². The number of aromatic nitrogens is 1. The summed E-state index contributed by atoms with van der Waals surface area (Å²) in [5.74, 6) is 0.599. The molecule has 1 aromatic rings. The number of aryl methyl sites for hydroxylation is 1. The maximum Gasteiger partial charge on any atom is 0.277 e. The lowest BCUT2D eigenvalue weighted by Crippen LogP contribution is -2.36. The van der Waals surface area contributed by atoms with Crippen molar-refractivity contribution in [1.82, 2.24) is 9.88 Å². The normalized spacial score (nSPS) is 17.7. The first kappa shape index (κ1) is 12.8. The van der Waals surface area contributed by atoms with Crippen molar-refractivity contribution in [3.05, 3.63) is 27.9 Å². The molecule has 1 aromatic heterocycles. The van der Waals surface area contributed by atoms with Crippen LogP contribution in [0.25, 0.3) is 0 Å². The number of anilines is 1. The molecule has 2 heterocycles. The van der Waals surface area contributed by atoms with Crippen LogP contribution in [0.3, 0.4) is 0 Å². The number of hydrogen-bond acceptors (Lipinski definition) is 5. The van der Waals surface area contributed by atoms with Gasteiger partial charge in [-0.3, -0.25) is 10.1 Å². The number of nitro groups is 1. The Hall–Kier alpha value is -1.69. The quantitative estimate of drug-likeness (QED) is 0.654. The molecule has 2 rings (SSSR count). The molecule has 0 atom stereocenters. The summed E-state index contributed by atoms with van der Waals surface area (Å²) < 4.78 is 0. The molecule has 0 unspecified atom stereocenters. The summed E-state index contributed by atoms with van der Waals surface area (Å²) in [6, 6.07) is 1.88. The zero-order chi connectivity index (χ0) is 13.1. The van der Waals surface area contributed by atoms with Crippen molar-refractivity contribution in [3.8, 4) is 0 Å². The van der Waals surface area contributed by atoms with Crippen LogP contribution in [0.2, 0.25) is 0 Å². The molecule has 0 radical (unpaired) electrons. The van der Waals surface area contributed by atoms with Crippen molar-refractivity contribution in [2.24, 2.45) is 0 Å². The van der Waals surface area contributed by atoms with Crippen molar-refractivity contribution < 1.29 is 4.92 Å². The van der Waals surface area contributed by atoms with Gasteiger partial charge in [-0.05, 0) is 39.9 Å². The highest BCUT2D eigenvalue weighted by Crippen LogP contribution is 2.21. The second kappa shape index (κ2) is 5.30. The fourth-order valence-corrected chi connectivity index (χ4v) is 2.15. The summed E-state index contributed by atoms with van der Waals surface area (Å²) in [5, 5.41) is 14.1. The Bertz CT molecular complexity index is 442. The van der Waals surface area contributed by atoms with Gasteiger partial charge in [0, 0.05) is 17.8 Å². The lowest BCUT2D eigenvalue weighted by molar-refractivity contribution is -0.385. The Morgan fingerprint density at radius 3 is 2.78 bits per heavy atom. The summed E-state index contributed by atoms with van der Waals surface area (Å²) >= 11 is 0. The van der Waals surface area contributed by atoms with Crippen molar-refractivity contribution in [1.29, 1.82) is 0 Å². The van der Waals surface area contributed by atoms with E-state index in [1.54, 1.807) is 13.1 Å². The molecule has 6 nitrogen and oxygen atoms in total. The van der Waals surface area contributed by atoms with Gasteiger partial charge in [-0.2, -0.15) is 0 Å². The topological polar surface area (TPSA) is 71.3 Å². The maximum atomic E-state index is 10.9. The number of piperidine rings is 1. The molecule has 1 aliphatic rings. The summed E-state index contributed by atoms with van der Waals surface area (Å²) in [4.78, 5) is 17.0. The monoisotopic (exact) mass is 250 g/mol. The Kier molecular flexibility index (Phi) is 3.76. The van der Waals surface area contributed by atoms with Gasteiger partial charge in [0.1, 0.15) is 5.82 Å². The van der Waals surface area contributed by atoms with Crippen LogP contribution < -0.4 is 5.32 Å². The highest BCUT2D eigenvalue weighted by Gasteiger charge is 2.18. The smallest absolute Gasteiger partial charge is 0.277 e. The minimum Gasteiger partial charge on any atom is -0.367 e. The number of nitrogens with one attached hydrogen (secondary N) is 1. The molecule has 1 N–H and O–H groups in total. The average Bonchev–Trinajstić information content (AvgIpc) is 2.34. The molecule has 0 aromatic carbocycles. The zero-order valence-electron chi connectivity index (χ0n) is 10.7. The third-order valence-electron chi connectivity index (χ3n) is 3.34. The number of hydrogen-bond donors (Lipinski definition) is 1. The summed E-state index contributed by atoms with van der Waals surface area (Å²) in [5.41, 5.74) is 0.717. The average molecular weight is 250 g/mol. The van der Waals surface area contributed by atoms with Gasteiger partial charge in [0.25, 0.3) is 5.69 Å². The summed E-state index contributed by atoms with van der Waals surface area (Å²) in [6.07, 6.45) is 3.63. The standard InChI is InChI=1S/C12H18N4O2/c1-9-8-13-12(7-11(9)16(17)18)14-10-3-5-15(2)6-4-10/h7-8,10H,3-6H2,1-2H3,(H,13,14). The van der Waals surface area contributed by atoms with E-state index in [4.69, 9.17) is 0 Å². The van der Waals surface area contributed by atoms with Gasteiger partial charge in [-0.15, -0.1) is 0 Å². The lowest BCUT2D eigenvalue weighted by atomic mass is 10.1. The van der Waals surface area contributed by atoms with Crippen LogP contribution in [0.1, 0.15) is 18.4 Å². The van der Waals surface area contributed by atoms with Crippen molar-refractivity contribution in [3.63, 3.8) is 0 Å². The van der Waals surface area contributed by atoms with Crippen LogP contribution in [0.5, 0.6) is 0 Å². The minimum absolute atomic E-state index is 0.125. The number of nitrogens with zero attached hydrogens (tertiary/aromatic N) is 3. The molecular formula is C12H18N4O2. The number of likely N-dealkylation sites (tertiary alicyclic amines) is 1. The number of pyridine rings is 1. The third kappa shape index (κ3) is 2.95. The van der Waals surface area contributed by atoms with Gasteiger partial charge in [-0.25, -0.2) is 4.98 Å². The van der Waals surface area contributed by atoms with Crippen LogP contribution >= 0.6 is 0 Å². The Morgan fingerprint density at radius 1 is 1.50 bits per heavy atom. The second-order valence-corrected chi connectivity index (χ2v) is 4.84. The van der Waals surface area contributed by atoms with Gasteiger partial charge >= 0.3 is 0 Å². The fraction of sp³-hybridized carbons (Fsp3) is 0.583. The predicted molar refractivity (Wildman–Crippen MR) is 69.8 cm³/mol. The molecule has 1 aliphatic heterocycles. The molecule has 0 bridgehead atoms. The van der Waals surface area contributed by atoms with E-state index in [9.17, 15) is 10.1 Å². The van der Waals surface area contributed by atoms with E-state index in [2.05, 4.69) is 22.2 Å². The molecule has 0 amide bonds. The Labute approximate surface area is 106 Å². The van der Waals surface area contributed by atoms with Crippen LogP contribution in [-0.2, 0) is 0 Å². The first-order valence-corrected chi connectivity index (χ1v) is 6.12. The molecule has 98 valence electrons. The Morgan fingerprint density at radius 2 is 2.17 bits per heavy atom. The molecule has 0 spiro atoms. The molecule has 1 fully saturated rings. The summed E-state index contributed by atoms with van der Waals surface area (Å²) in [6.45, 7) is 3.79. The number of rotatable bonds is 3. The molecule has 6 heteroatoms. The van der Waals surface area contributed by atoms with E-state index in [-0.39, 0.29) is 10.6 Å². The van der Waals surface area contributed by atoms with Gasteiger partial charge in [-0.1, -0.05) is 0 Å². The highest BCUT2D eigenvalue weighted by molar-refractivity contribution is 5.49.